The molecule has 0 saturated carbocycles. The number of hydrogen-bond donors (Lipinski definition) is 1. The van der Waals surface area contributed by atoms with E-state index in [0.717, 1.165) is 30.9 Å². The third-order valence-electron chi connectivity index (χ3n) is 2.64. The van der Waals surface area contributed by atoms with Crippen molar-refractivity contribution in [2.24, 2.45) is 7.05 Å². The summed E-state index contributed by atoms with van der Waals surface area (Å²) in [5, 5.41) is 12.0. The topological polar surface area (TPSA) is 47.7 Å². The second-order valence-corrected chi connectivity index (χ2v) is 4.27. The molecule has 6 heteroatoms. The van der Waals surface area contributed by atoms with Crippen molar-refractivity contribution in [2.45, 2.75) is 33.4 Å². The Labute approximate surface area is 114 Å². The fourth-order valence-electron chi connectivity index (χ4n) is 1.80. The molecule has 0 radical (unpaired) electrons. The lowest BCUT2D eigenvalue weighted by molar-refractivity contribution is 0.598. The molecule has 2 heterocycles. The minimum absolute atomic E-state index is 0. The van der Waals surface area contributed by atoms with Crippen LogP contribution in [0.1, 0.15) is 24.6 Å². The van der Waals surface area contributed by atoms with Crippen LogP contribution in [0, 0.1) is 6.92 Å². The Balaban J connectivity index is 0.00000162. The number of aromatic nitrogens is 4. The third-order valence-corrected chi connectivity index (χ3v) is 2.64. The van der Waals surface area contributed by atoms with Gasteiger partial charge in [-0.1, -0.05) is 6.92 Å². The van der Waals surface area contributed by atoms with Gasteiger partial charge in [-0.3, -0.25) is 9.36 Å². The maximum Gasteiger partial charge on any atom is 0.0825 e. The van der Waals surface area contributed by atoms with E-state index in [0.29, 0.717) is 0 Å². The average Bonchev–Trinajstić information content (AvgIpc) is 2.83. The highest BCUT2D eigenvalue weighted by molar-refractivity contribution is 5.85. The number of hydrogen-bond acceptors (Lipinski definition) is 3. The van der Waals surface area contributed by atoms with E-state index in [4.69, 9.17) is 0 Å². The van der Waals surface area contributed by atoms with Crippen LogP contribution < -0.4 is 5.32 Å². The lowest BCUT2D eigenvalue weighted by Crippen LogP contribution is -1.98. The minimum atomic E-state index is 0. The summed E-state index contributed by atoms with van der Waals surface area (Å²) in [5.74, 6) is 0. The number of aryl methyl sites for hydroxylation is 3. The lowest BCUT2D eigenvalue weighted by atomic mass is 10.3. The molecule has 0 saturated heterocycles. The summed E-state index contributed by atoms with van der Waals surface area (Å²) >= 11 is 0. The van der Waals surface area contributed by atoms with Gasteiger partial charge in [0.25, 0.3) is 0 Å². The van der Waals surface area contributed by atoms with Gasteiger partial charge in [0.2, 0.25) is 0 Å². The van der Waals surface area contributed by atoms with Crippen LogP contribution in [0.5, 0.6) is 0 Å². The standard InChI is InChI=1S/C12H19N5.ClH/c1-4-5-17-9-12(10(2)15-17)13-6-11-7-14-16(3)8-11;/h7-9,13H,4-6H2,1-3H3;1H. The van der Waals surface area contributed by atoms with Crippen LogP contribution >= 0.6 is 12.4 Å². The van der Waals surface area contributed by atoms with Crippen molar-refractivity contribution < 1.29 is 0 Å². The van der Waals surface area contributed by atoms with Gasteiger partial charge in [0.15, 0.2) is 0 Å². The van der Waals surface area contributed by atoms with E-state index < -0.39 is 0 Å². The number of nitrogens with one attached hydrogen (secondary N) is 1. The van der Waals surface area contributed by atoms with E-state index in [-0.39, 0.29) is 12.4 Å². The molecule has 18 heavy (non-hydrogen) atoms. The Morgan fingerprint density at radius 3 is 2.72 bits per heavy atom. The first kappa shape index (κ1) is 14.6. The van der Waals surface area contributed by atoms with Crippen LogP contribution in [-0.4, -0.2) is 19.6 Å². The van der Waals surface area contributed by atoms with E-state index >= 15 is 0 Å². The largest absolute Gasteiger partial charge is 0.378 e. The summed E-state index contributed by atoms with van der Waals surface area (Å²) in [7, 11) is 1.92. The minimum Gasteiger partial charge on any atom is -0.378 e. The van der Waals surface area contributed by atoms with E-state index in [1.54, 1.807) is 0 Å². The van der Waals surface area contributed by atoms with E-state index in [9.17, 15) is 0 Å². The van der Waals surface area contributed by atoms with E-state index in [2.05, 4.69) is 28.6 Å². The summed E-state index contributed by atoms with van der Waals surface area (Å²) in [6.07, 6.45) is 7.05. The van der Waals surface area contributed by atoms with Crippen molar-refractivity contribution >= 4 is 18.1 Å². The smallest absolute Gasteiger partial charge is 0.0825 e. The number of rotatable bonds is 5. The molecule has 2 rings (SSSR count). The number of halogens is 1. The van der Waals surface area contributed by atoms with Gasteiger partial charge in [-0.2, -0.15) is 10.2 Å². The highest BCUT2D eigenvalue weighted by Gasteiger charge is 2.04. The molecule has 0 spiro atoms. The van der Waals surface area contributed by atoms with Crippen molar-refractivity contribution in [1.82, 2.24) is 19.6 Å². The van der Waals surface area contributed by atoms with E-state index in [1.165, 1.54) is 5.56 Å². The fourth-order valence-corrected chi connectivity index (χ4v) is 1.80. The third kappa shape index (κ3) is 3.50. The van der Waals surface area contributed by atoms with Crippen molar-refractivity contribution in [3.8, 4) is 0 Å². The van der Waals surface area contributed by atoms with Crippen molar-refractivity contribution in [2.75, 3.05) is 5.32 Å². The van der Waals surface area contributed by atoms with Gasteiger partial charge in [-0.15, -0.1) is 12.4 Å². The fraction of sp³-hybridized carbons (Fsp3) is 0.500. The Kier molecular flexibility index (Phi) is 5.22. The molecule has 0 aliphatic heterocycles. The van der Waals surface area contributed by atoms with E-state index in [1.807, 2.05) is 35.7 Å². The second-order valence-electron chi connectivity index (χ2n) is 4.27. The molecule has 0 atom stereocenters. The summed E-state index contributed by atoms with van der Waals surface area (Å²) in [5.41, 5.74) is 3.32. The normalized spacial score (nSPS) is 10.2. The van der Waals surface area contributed by atoms with Gasteiger partial charge in [-0.05, 0) is 13.3 Å². The molecular formula is C12H20ClN5. The highest BCUT2D eigenvalue weighted by atomic mass is 35.5. The zero-order valence-electron chi connectivity index (χ0n) is 11.1. The first-order valence-corrected chi connectivity index (χ1v) is 5.94. The predicted molar refractivity (Wildman–Crippen MR) is 75.0 cm³/mol. The number of nitrogens with zero attached hydrogens (tertiary/aromatic N) is 4. The molecule has 0 aliphatic rings. The maximum atomic E-state index is 4.45. The molecule has 0 unspecified atom stereocenters. The molecule has 2 aromatic heterocycles. The molecule has 100 valence electrons. The molecule has 1 N–H and O–H groups in total. The zero-order valence-corrected chi connectivity index (χ0v) is 11.9. The summed E-state index contributed by atoms with van der Waals surface area (Å²) in [6.45, 7) is 5.93. The maximum absolute atomic E-state index is 4.45. The monoisotopic (exact) mass is 269 g/mol. The molecule has 0 aromatic carbocycles. The first-order chi connectivity index (χ1) is 8.19. The van der Waals surface area contributed by atoms with Gasteiger partial charge in [-0.25, -0.2) is 0 Å². The summed E-state index contributed by atoms with van der Waals surface area (Å²) in [4.78, 5) is 0. The second kappa shape index (κ2) is 6.44. The highest BCUT2D eigenvalue weighted by Crippen LogP contribution is 2.13. The van der Waals surface area contributed by atoms with Crippen LogP contribution in [0.15, 0.2) is 18.6 Å². The van der Waals surface area contributed by atoms with Crippen LogP contribution in [0.4, 0.5) is 5.69 Å². The van der Waals surface area contributed by atoms with Gasteiger partial charge >= 0.3 is 0 Å². The zero-order chi connectivity index (χ0) is 12.3. The Morgan fingerprint density at radius 1 is 1.33 bits per heavy atom. The molecule has 0 amide bonds. The quantitative estimate of drug-likeness (QED) is 0.907. The van der Waals surface area contributed by atoms with Gasteiger partial charge in [0.05, 0.1) is 17.6 Å². The predicted octanol–water partition coefficient (Wildman–Crippen LogP) is 2.37. The Morgan fingerprint density at radius 2 is 2.11 bits per heavy atom. The van der Waals surface area contributed by atoms with Crippen LogP contribution in [0.25, 0.3) is 0 Å². The molecule has 2 aromatic rings. The SMILES string of the molecule is CCCn1cc(NCc2cnn(C)c2)c(C)n1.Cl. The molecule has 0 fully saturated rings. The molecule has 0 aliphatic carbocycles. The lowest BCUT2D eigenvalue weighted by Gasteiger charge is -2.01. The molecule has 0 bridgehead atoms. The van der Waals surface area contributed by atoms with Crippen LogP contribution in [0.3, 0.4) is 0 Å². The van der Waals surface area contributed by atoms with Gasteiger partial charge < -0.3 is 5.32 Å². The van der Waals surface area contributed by atoms with Crippen LogP contribution in [0.2, 0.25) is 0 Å². The van der Waals surface area contributed by atoms with Gasteiger partial charge in [0, 0.05) is 38.1 Å². The average molecular weight is 270 g/mol. The van der Waals surface area contributed by atoms with Crippen molar-refractivity contribution in [1.29, 1.82) is 0 Å². The first-order valence-electron chi connectivity index (χ1n) is 5.94. The van der Waals surface area contributed by atoms with Crippen molar-refractivity contribution in [3.63, 3.8) is 0 Å². The summed E-state index contributed by atoms with van der Waals surface area (Å²) < 4.78 is 3.80. The molecule has 5 nitrogen and oxygen atoms in total. The number of anilines is 1. The van der Waals surface area contributed by atoms with Crippen LogP contribution in [-0.2, 0) is 20.1 Å². The Bertz CT molecular complexity index is 488. The van der Waals surface area contributed by atoms with Crippen molar-refractivity contribution in [3.05, 3.63) is 29.8 Å². The summed E-state index contributed by atoms with van der Waals surface area (Å²) in [6, 6.07) is 0. The Hall–Kier alpha value is -1.49. The van der Waals surface area contributed by atoms with Gasteiger partial charge in [0.1, 0.15) is 0 Å². The molecular weight excluding hydrogens is 250 g/mol.